The number of nitrogens with one attached hydrogen (secondary N) is 1. The second-order valence-electron chi connectivity index (χ2n) is 9.11. The maximum Gasteiger partial charge on any atom is 0.273 e. The Morgan fingerprint density at radius 3 is 2.72 bits per heavy atom. The number of Topliss-reactive ketones (excluding diaryl/α,β-unsaturated/α-hetero) is 1. The Balaban J connectivity index is 1.42. The predicted octanol–water partition coefficient (Wildman–Crippen LogP) is 3.50. The van der Waals surface area contributed by atoms with Crippen LogP contribution in [0.5, 0.6) is 5.75 Å². The molecule has 4 heterocycles. The third-order valence-electron chi connectivity index (χ3n) is 6.56. The largest absolute Gasteiger partial charge is 0.497 e. The summed E-state index contributed by atoms with van der Waals surface area (Å²) in [5.74, 6) is 0.0149. The molecule has 1 aliphatic rings. The molecule has 10 nitrogen and oxygen atoms in total. The van der Waals surface area contributed by atoms with Crippen LogP contribution in [0.25, 0.3) is 0 Å². The number of rotatable bonds is 7. The van der Waals surface area contributed by atoms with Crippen molar-refractivity contribution in [3.63, 3.8) is 0 Å². The van der Waals surface area contributed by atoms with Gasteiger partial charge in [0.1, 0.15) is 17.3 Å². The van der Waals surface area contributed by atoms with Gasteiger partial charge in [-0.25, -0.2) is 4.98 Å². The Morgan fingerprint density at radius 2 is 1.97 bits per heavy atom. The van der Waals surface area contributed by atoms with Crippen molar-refractivity contribution in [2.75, 3.05) is 12.4 Å². The molecule has 11 heteroatoms. The highest BCUT2D eigenvalue weighted by Gasteiger charge is 2.37. The summed E-state index contributed by atoms with van der Waals surface area (Å²) in [4.78, 5) is 50.1. The van der Waals surface area contributed by atoms with Gasteiger partial charge < -0.3 is 15.0 Å². The zero-order valence-electron chi connectivity index (χ0n) is 21.3. The van der Waals surface area contributed by atoms with Crippen LogP contribution in [-0.2, 0) is 31.2 Å². The average molecular weight is 545 g/mol. The number of methoxy groups -OCH3 is 1. The summed E-state index contributed by atoms with van der Waals surface area (Å²) in [5, 5.41) is 7.09. The molecule has 0 radical (unpaired) electrons. The molecule has 3 aromatic heterocycles. The lowest BCUT2D eigenvalue weighted by Gasteiger charge is -2.29. The van der Waals surface area contributed by atoms with E-state index >= 15 is 0 Å². The predicted molar refractivity (Wildman–Crippen MR) is 144 cm³/mol. The summed E-state index contributed by atoms with van der Waals surface area (Å²) in [7, 11) is 3.20. The van der Waals surface area contributed by atoms with E-state index in [1.807, 2.05) is 12.1 Å². The number of anilines is 1. The third kappa shape index (κ3) is 5.51. The number of fused-ring (bicyclic) bond motifs is 1. The molecule has 0 bridgehead atoms. The van der Waals surface area contributed by atoms with Gasteiger partial charge in [0.15, 0.2) is 5.78 Å². The number of ketones is 1. The molecule has 0 aliphatic carbocycles. The van der Waals surface area contributed by atoms with Gasteiger partial charge in [0.2, 0.25) is 0 Å². The van der Waals surface area contributed by atoms with Crippen molar-refractivity contribution < 1.29 is 19.1 Å². The lowest BCUT2D eigenvalue weighted by atomic mass is 10.0. The molecule has 0 saturated carbocycles. The molecule has 198 valence electrons. The van der Waals surface area contributed by atoms with Crippen molar-refractivity contribution in [1.82, 2.24) is 24.6 Å². The number of nitrogens with zero attached hydrogens (tertiary/aromatic N) is 5. The van der Waals surface area contributed by atoms with Gasteiger partial charge in [-0.2, -0.15) is 5.10 Å². The smallest absolute Gasteiger partial charge is 0.273 e. The molecule has 1 unspecified atom stereocenters. The first kappa shape index (κ1) is 26.1. The summed E-state index contributed by atoms with van der Waals surface area (Å²) in [5.41, 5.74) is 2.57. The maximum atomic E-state index is 13.8. The third-order valence-corrected chi connectivity index (χ3v) is 6.87. The molecule has 4 aromatic rings. The summed E-state index contributed by atoms with van der Waals surface area (Å²) >= 11 is 6.52. The van der Waals surface area contributed by atoms with Crippen LogP contribution in [0.2, 0.25) is 5.02 Å². The molecular formula is C28H25ClN6O4. The molecular weight excluding hydrogens is 520 g/mol. The normalized spacial score (nSPS) is 15.1. The maximum absolute atomic E-state index is 13.8. The van der Waals surface area contributed by atoms with Crippen molar-refractivity contribution in [2.45, 2.75) is 25.4 Å². The number of carbonyl (C=O) groups excluding carboxylic acids is 3. The van der Waals surface area contributed by atoms with Crippen LogP contribution in [-0.4, -0.2) is 55.4 Å². The molecule has 2 amide bonds. The topological polar surface area (TPSA) is 119 Å². The molecule has 0 spiro atoms. The fourth-order valence-electron chi connectivity index (χ4n) is 4.60. The number of benzene rings is 1. The van der Waals surface area contributed by atoms with Crippen molar-refractivity contribution in [2.24, 2.45) is 7.05 Å². The van der Waals surface area contributed by atoms with E-state index < -0.39 is 11.9 Å². The highest BCUT2D eigenvalue weighted by atomic mass is 35.5. The number of carbonyl (C=O) groups is 3. The SMILES string of the molecule is COc1ccnc(NC(=O)c2ccc(CN3C(=O)c4c(cnn4C)CC(=O)C3Cc3ccccn3)cc2Cl)c1. The van der Waals surface area contributed by atoms with Gasteiger partial charge in [-0.1, -0.05) is 23.7 Å². The van der Waals surface area contributed by atoms with Crippen LogP contribution in [0.15, 0.2) is 67.1 Å². The molecule has 1 aliphatic heterocycles. The fourth-order valence-corrected chi connectivity index (χ4v) is 4.88. The van der Waals surface area contributed by atoms with Crippen LogP contribution in [0.1, 0.15) is 37.7 Å². The van der Waals surface area contributed by atoms with Crippen LogP contribution in [0.3, 0.4) is 0 Å². The second-order valence-corrected chi connectivity index (χ2v) is 9.52. The molecule has 1 aromatic carbocycles. The zero-order chi connectivity index (χ0) is 27.5. The van der Waals surface area contributed by atoms with E-state index in [4.69, 9.17) is 16.3 Å². The first-order chi connectivity index (χ1) is 18.8. The van der Waals surface area contributed by atoms with Gasteiger partial charge in [-0.3, -0.25) is 24.0 Å². The van der Waals surface area contributed by atoms with E-state index in [0.29, 0.717) is 34.1 Å². The Bertz CT molecular complexity index is 1550. The summed E-state index contributed by atoms with van der Waals surface area (Å²) in [6.07, 6.45) is 5.11. The van der Waals surface area contributed by atoms with Crippen LogP contribution in [0.4, 0.5) is 5.82 Å². The van der Waals surface area contributed by atoms with E-state index in [-0.39, 0.29) is 41.7 Å². The van der Waals surface area contributed by atoms with E-state index in [1.165, 1.54) is 22.9 Å². The Kier molecular flexibility index (Phi) is 7.38. The monoisotopic (exact) mass is 544 g/mol. The number of pyridine rings is 2. The number of aromatic nitrogens is 4. The summed E-state index contributed by atoms with van der Waals surface area (Å²) < 4.78 is 6.66. The lowest BCUT2D eigenvalue weighted by molar-refractivity contribution is -0.122. The van der Waals surface area contributed by atoms with Crippen molar-refractivity contribution in [1.29, 1.82) is 0 Å². The highest BCUT2D eigenvalue weighted by molar-refractivity contribution is 6.34. The number of ether oxygens (including phenoxy) is 1. The van der Waals surface area contributed by atoms with E-state index in [9.17, 15) is 14.4 Å². The summed E-state index contributed by atoms with van der Waals surface area (Å²) in [6.45, 7) is 0.103. The second kappa shape index (κ2) is 11.0. The standard InChI is InChI=1S/C28H25ClN6O4/c1-34-26-18(15-32-34)12-24(36)23(13-19-5-3-4-9-30-19)35(28(26)38)16-17-6-7-21(22(29)11-17)27(37)33-25-14-20(39-2)8-10-31-25/h3-11,14-15,23H,12-13,16H2,1-2H3,(H,31,33,37). The van der Waals surface area contributed by atoms with Crippen LogP contribution < -0.4 is 10.1 Å². The first-order valence-electron chi connectivity index (χ1n) is 12.2. The molecule has 0 saturated heterocycles. The average Bonchev–Trinajstić information content (AvgIpc) is 3.26. The van der Waals surface area contributed by atoms with Crippen LogP contribution >= 0.6 is 11.6 Å². The molecule has 1 N–H and O–H groups in total. The lowest BCUT2D eigenvalue weighted by Crippen LogP contribution is -2.45. The van der Waals surface area contributed by atoms with Crippen LogP contribution in [0, 0.1) is 0 Å². The number of halogens is 1. The number of aryl methyl sites for hydroxylation is 1. The fraction of sp³-hybridized carbons (Fsp3) is 0.214. The van der Waals surface area contributed by atoms with Gasteiger partial charge in [-0.15, -0.1) is 0 Å². The Hall–Kier alpha value is -4.57. The molecule has 1 atom stereocenters. The van der Waals surface area contributed by atoms with E-state index in [1.54, 1.807) is 55.8 Å². The zero-order valence-corrected chi connectivity index (χ0v) is 22.1. The Morgan fingerprint density at radius 1 is 1.13 bits per heavy atom. The van der Waals surface area contributed by atoms with Gasteiger partial charge in [-0.05, 0) is 35.9 Å². The molecule has 0 fully saturated rings. The van der Waals surface area contributed by atoms with Crippen molar-refractivity contribution in [3.8, 4) is 5.75 Å². The minimum Gasteiger partial charge on any atom is -0.497 e. The van der Waals surface area contributed by atoms with Gasteiger partial charge in [0.05, 0.1) is 29.9 Å². The minimum atomic E-state index is -0.735. The highest BCUT2D eigenvalue weighted by Crippen LogP contribution is 2.26. The van der Waals surface area contributed by atoms with Gasteiger partial charge in [0, 0.05) is 56.2 Å². The van der Waals surface area contributed by atoms with Gasteiger partial charge in [0.25, 0.3) is 11.8 Å². The number of amides is 2. The van der Waals surface area contributed by atoms with E-state index in [2.05, 4.69) is 20.4 Å². The number of hydrogen-bond acceptors (Lipinski definition) is 7. The first-order valence-corrected chi connectivity index (χ1v) is 12.6. The van der Waals surface area contributed by atoms with Crippen molar-refractivity contribution >= 4 is 35.0 Å². The number of hydrogen-bond donors (Lipinski definition) is 1. The quantitative estimate of drug-likeness (QED) is 0.378. The summed E-state index contributed by atoms with van der Waals surface area (Å²) in [6, 6.07) is 12.9. The minimum absolute atomic E-state index is 0.0983. The molecule has 5 rings (SSSR count). The van der Waals surface area contributed by atoms with Gasteiger partial charge >= 0.3 is 0 Å². The molecule has 39 heavy (non-hydrogen) atoms. The van der Waals surface area contributed by atoms with Crippen molar-refractivity contribution in [3.05, 3.63) is 100 Å². The Labute approximate surface area is 229 Å². The van der Waals surface area contributed by atoms with E-state index in [0.717, 1.165) is 0 Å².